The number of H-pyrrole nitrogens is 1. The second-order valence-corrected chi connectivity index (χ2v) is 18.7. The van der Waals surface area contributed by atoms with Crippen LogP contribution in [-0.2, 0) is 26.0 Å². The summed E-state index contributed by atoms with van der Waals surface area (Å²) in [5.74, 6) is 199. The first-order valence-electron chi connectivity index (χ1n) is 31.4. The molecule has 0 amide bonds. The molecule has 0 saturated heterocycles. The molecule has 4 aromatic rings. The highest BCUT2D eigenvalue weighted by molar-refractivity contribution is 5.85. The van der Waals surface area contributed by atoms with Crippen molar-refractivity contribution in [3.63, 3.8) is 0 Å². The highest BCUT2D eigenvalue weighted by Crippen LogP contribution is 2.44. The van der Waals surface area contributed by atoms with Crippen molar-refractivity contribution in [3.05, 3.63) is 94.4 Å². The third-order valence-corrected chi connectivity index (χ3v) is 11.8. The molecule has 6 rings (SSSR count). The Morgan fingerprint density at radius 1 is 0.342 bits per heavy atom. The SMILES string of the molecule is C#CC#CC#CC#CC#CC#CC#CC#CC#CC#CC#CC#CC#CC#CC#CC#CC#CC#CC#CC#CC#CC#CC#CC#CC#CC#CC#CC#CC#CC#CC#CC#CC#CC#CC#CC#CC#CC#CC#CC#CC#C.COc1cc2c(cc1OCc1ccccc1)CCN1Cc3[nH]c4ccc(F)cc4c3CC21. The fraction of sp³-hybridized carbons (Fsp3) is 0.0642. The first kappa shape index (κ1) is 83.3. The molecule has 2 aliphatic rings. The Balaban J connectivity index is 0.000000587. The molecule has 492 valence electrons. The van der Waals surface area contributed by atoms with Crippen LogP contribution in [0.3, 0.4) is 0 Å². The van der Waals surface area contributed by atoms with Crippen LogP contribution in [0.2, 0.25) is 0 Å². The minimum atomic E-state index is -0.187. The minimum absolute atomic E-state index is 0.187. The van der Waals surface area contributed by atoms with Crippen LogP contribution in [0.25, 0.3) is 10.9 Å². The van der Waals surface area contributed by atoms with Crippen molar-refractivity contribution in [3.8, 4) is 498 Å². The molecular formula is C109H27FN2O2. The zero-order chi connectivity index (χ0) is 80.2. The summed E-state index contributed by atoms with van der Waals surface area (Å²) in [5, 5.41) is 1.00. The lowest BCUT2D eigenvalue weighted by molar-refractivity contribution is 0.158. The summed E-state index contributed by atoms with van der Waals surface area (Å²) in [4.78, 5) is 6.03. The van der Waals surface area contributed by atoms with Gasteiger partial charge in [-0.05, 0) is 160 Å². The predicted octanol–water partition coefficient (Wildman–Crippen LogP) is 5.94. The molecule has 1 N–H and O–H groups in total. The van der Waals surface area contributed by atoms with Gasteiger partial charge in [-0.2, -0.15) is 0 Å². The number of halogens is 1. The molecule has 0 saturated carbocycles. The zero-order valence-corrected chi connectivity index (χ0v) is 59.2. The van der Waals surface area contributed by atoms with Crippen LogP contribution in [0, 0.1) is 492 Å². The van der Waals surface area contributed by atoms with E-state index in [1.165, 1.54) is 28.5 Å². The summed E-state index contributed by atoms with van der Waals surface area (Å²) in [6.07, 6.45) is 11.7. The van der Waals surface area contributed by atoms with E-state index < -0.39 is 0 Å². The molecule has 1 unspecified atom stereocenters. The van der Waals surface area contributed by atoms with Crippen molar-refractivity contribution in [2.75, 3.05) is 13.7 Å². The average Bonchev–Trinajstić information content (AvgIpc) is 1.55. The largest absolute Gasteiger partial charge is 0.493 e. The molecule has 0 spiro atoms. The molecule has 1 atom stereocenters. The fourth-order valence-corrected chi connectivity index (χ4v) is 7.68. The van der Waals surface area contributed by atoms with Gasteiger partial charge in [0.15, 0.2) is 11.5 Å². The van der Waals surface area contributed by atoms with Gasteiger partial charge in [-0.3, -0.25) is 4.90 Å². The molecule has 0 aliphatic carbocycles. The lowest BCUT2D eigenvalue weighted by Gasteiger charge is -2.40. The molecule has 5 heteroatoms. The van der Waals surface area contributed by atoms with Gasteiger partial charge in [0.05, 0.1) is 7.11 Å². The first-order valence-corrected chi connectivity index (χ1v) is 31.4. The lowest BCUT2D eigenvalue weighted by Crippen LogP contribution is -2.39. The summed E-state index contributed by atoms with van der Waals surface area (Å²) in [6, 6.07) is 19.7. The van der Waals surface area contributed by atoms with Gasteiger partial charge < -0.3 is 14.5 Å². The van der Waals surface area contributed by atoms with E-state index in [-0.39, 0.29) is 11.9 Å². The van der Waals surface area contributed by atoms with Crippen LogP contribution in [0.5, 0.6) is 11.5 Å². The molecule has 2 aliphatic heterocycles. The Bertz CT molecular complexity index is 7250. The van der Waals surface area contributed by atoms with E-state index in [0.29, 0.717) is 6.61 Å². The van der Waals surface area contributed by atoms with Gasteiger partial charge in [-0.25, -0.2) is 4.39 Å². The van der Waals surface area contributed by atoms with E-state index in [0.717, 1.165) is 53.9 Å². The number of aromatic nitrogens is 1. The van der Waals surface area contributed by atoms with Gasteiger partial charge in [0.25, 0.3) is 0 Å². The summed E-state index contributed by atoms with van der Waals surface area (Å²) >= 11 is 0. The van der Waals surface area contributed by atoms with Crippen molar-refractivity contribution < 1.29 is 13.9 Å². The number of terminal acetylenes is 2. The first-order chi connectivity index (χ1) is 56.6. The van der Waals surface area contributed by atoms with Crippen LogP contribution < -0.4 is 9.47 Å². The molecule has 0 radical (unpaired) electrons. The average molecular weight is 1420 g/mol. The standard InChI is InChI=1S/C82H2.C27H25FN2O2/c1-3-5-7-9-11-13-15-17-19-21-23-25-27-29-31-33-35-37-39-41-43-45-47-49-51-53-55-57-59-61-63-65-67-69-71-73-75-77-79-81-82-80-78-76-74-72-70-68-66-64-62-60-58-56-54-52-50-48-46-44-42-40-38-36-34-32-30-28-26-24-22-20-18-16-14-12-10-8-6-4-2;1-31-26-14-20-18(11-27(26)32-16-17-5-3-2-4-6-17)9-10-30-15-24-22(13-25(20)30)21-12-19(28)7-8-23(21)29-24/h1-2H;2-8,11-12,14,25,29H,9-10,13,15-16H2,1H3. The topological polar surface area (TPSA) is 37.5 Å². The van der Waals surface area contributed by atoms with Gasteiger partial charge in [0.1, 0.15) is 12.4 Å². The maximum Gasteiger partial charge on any atom is 0.161 e. The molecule has 0 fully saturated rings. The molecular weight excluding hydrogens is 1390 g/mol. The van der Waals surface area contributed by atoms with E-state index in [2.05, 4.69) is 508 Å². The number of fused-ring (bicyclic) bond motifs is 6. The van der Waals surface area contributed by atoms with Crippen molar-refractivity contribution in [1.29, 1.82) is 0 Å². The Hall–Kier alpha value is -21.3. The minimum Gasteiger partial charge on any atom is -0.493 e. The van der Waals surface area contributed by atoms with Crippen LogP contribution >= 0.6 is 0 Å². The van der Waals surface area contributed by atoms with Crippen molar-refractivity contribution in [2.45, 2.75) is 32.0 Å². The highest BCUT2D eigenvalue weighted by Gasteiger charge is 2.35. The van der Waals surface area contributed by atoms with E-state index >= 15 is 0 Å². The summed E-state index contributed by atoms with van der Waals surface area (Å²) in [6.45, 7) is 2.35. The molecule has 3 aromatic carbocycles. The van der Waals surface area contributed by atoms with Gasteiger partial charge in [0, 0.05) is 415 Å². The summed E-state index contributed by atoms with van der Waals surface area (Å²) in [5.41, 5.74) is 7.18. The maximum atomic E-state index is 13.9. The monoisotopic (exact) mass is 1410 g/mol. The molecule has 1 aromatic heterocycles. The highest BCUT2D eigenvalue weighted by atomic mass is 19.1. The number of nitrogens with zero attached hydrogens (tertiary/aromatic N) is 1. The molecule has 114 heavy (non-hydrogen) atoms. The third-order valence-electron chi connectivity index (χ3n) is 11.8. The quantitative estimate of drug-likeness (QED) is 0.258. The smallest absolute Gasteiger partial charge is 0.161 e. The van der Waals surface area contributed by atoms with Crippen molar-refractivity contribution in [2.24, 2.45) is 0 Å². The number of nitrogens with one attached hydrogen (secondary N) is 1. The number of hydrogen-bond donors (Lipinski definition) is 1. The second kappa shape index (κ2) is 59.3. The number of methoxy groups -OCH3 is 1. The Kier molecular flexibility index (Phi) is 43.4. The number of benzene rings is 3. The zero-order valence-electron chi connectivity index (χ0n) is 59.2. The fourth-order valence-electron chi connectivity index (χ4n) is 7.68. The summed E-state index contributed by atoms with van der Waals surface area (Å²) < 4.78 is 25.8. The molecule has 4 nitrogen and oxygen atoms in total. The van der Waals surface area contributed by atoms with Gasteiger partial charge >= 0.3 is 0 Å². The number of aromatic amines is 1. The lowest BCUT2D eigenvalue weighted by atomic mass is 9.85. The third kappa shape index (κ3) is 40.2. The van der Waals surface area contributed by atoms with E-state index in [9.17, 15) is 4.39 Å². The Morgan fingerprint density at radius 2 is 0.614 bits per heavy atom. The molecule has 0 bridgehead atoms. The van der Waals surface area contributed by atoms with Gasteiger partial charge in [-0.1, -0.05) is 30.3 Å². The Morgan fingerprint density at radius 3 is 0.877 bits per heavy atom. The number of hydrogen-bond acceptors (Lipinski definition) is 3. The maximum absolute atomic E-state index is 13.9. The predicted molar refractivity (Wildman–Crippen MR) is 444 cm³/mol. The number of rotatable bonds is 4. The summed E-state index contributed by atoms with van der Waals surface area (Å²) in [7, 11) is 1.69. The van der Waals surface area contributed by atoms with Crippen LogP contribution in [-0.4, -0.2) is 23.5 Å². The van der Waals surface area contributed by atoms with Crippen LogP contribution in [0.1, 0.15) is 34.0 Å². The van der Waals surface area contributed by atoms with E-state index in [4.69, 9.17) is 22.3 Å². The van der Waals surface area contributed by atoms with E-state index in [1.54, 1.807) is 13.2 Å². The number of ether oxygens (including phenoxy) is 2. The van der Waals surface area contributed by atoms with Gasteiger partial charge in [-0.15, -0.1) is 12.8 Å². The van der Waals surface area contributed by atoms with E-state index in [1.807, 2.05) is 24.3 Å². The Labute approximate surface area is 668 Å². The van der Waals surface area contributed by atoms with Crippen LogP contribution in [0.4, 0.5) is 4.39 Å². The van der Waals surface area contributed by atoms with Crippen molar-refractivity contribution in [1.82, 2.24) is 9.88 Å². The second-order valence-electron chi connectivity index (χ2n) is 18.7. The van der Waals surface area contributed by atoms with Gasteiger partial charge in [0.2, 0.25) is 0 Å². The normalized spacial score (nSPS) is 7.74. The van der Waals surface area contributed by atoms with Crippen LogP contribution in [0.15, 0.2) is 60.7 Å². The molecule has 3 heterocycles. The van der Waals surface area contributed by atoms with Crippen molar-refractivity contribution >= 4 is 10.9 Å².